The molecule has 0 bridgehead atoms. The van der Waals surface area contributed by atoms with Crippen molar-refractivity contribution >= 4 is 17.7 Å². The maximum atomic E-state index is 11.6. The fraction of sp³-hybridized carbons (Fsp3) is 0.929. The van der Waals surface area contributed by atoms with Gasteiger partial charge in [0, 0.05) is 18.5 Å². The third kappa shape index (κ3) is 6.15. The second-order valence-corrected chi connectivity index (χ2v) is 6.82. The highest BCUT2D eigenvalue weighted by Crippen LogP contribution is 2.24. The predicted octanol–water partition coefficient (Wildman–Crippen LogP) is 1.92. The molecule has 0 aromatic rings. The molecule has 0 saturated carbocycles. The monoisotopic (exact) mass is 288 g/mol. The third-order valence-electron chi connectivity index (χ3n) is 3.65. The predicted molar refractivity (Wildman–Crippen MR) is 81.4 cm³/mol. The van der Waals surface area contributed by atoms with Crippen LogP contribution in [0.1, 0.15) is 46.0 Å². The number of primary amides is 1. The van der Waals surface area contributed by atoms with Gasteiger partial charge >= 0.3 is 0 Å². The Morgan fingerprint density at radius 2 is 2.16 bits per heavy atom. The summed E-state index contributed by atoms with van der Waals surface area (Å²) in [5.41, 5.74) is 4.96. The SMILES string of the molecule is CCCNC(C)(CCCSC1CCOCC1)C(N)=O. The van der Waals surface area contributed by atoms with Gasteiger partial charge in [0.2, 0.25) is 5.91 Å². The number of thioether (sulfide) groups is 1. The molecule has 1 aliphatic heterocycles. The standard InChI is InChI=1S/C14H28N2O2S/c1-3-8-16-14(2,13(15)17)7-4-11-19-12-5-9-18-10-6-12/h12,16H,3-11H2,1-2H3,(H2,15,17). The van der Waals surface area contributed by atoms with Crippen LogP contribution in [0.5, 0.6) is 0 Å². The van der Waals surface area contributed by atoms with Crippen molar-refractivity contribution in [1.29, 1.82) is 0 Å². The summed E-state index contributed by atoms with van der Waals surface area (Å²) < 4.78 is 5.35. The van der Waals surface area contributed by atoms with Crippen molar-refractivity contribution < 1.29 is 9.53 Å². The lowest BCUT2D eigenvalue weighted by molar-refractivity contribution is -0.124. The van der Waals surface area contributed by atoms with Crippen molar-refractivity contribution in [3.8, 4) is 0 Å². The third-order valence-corrected chi connectivity index (χ3v) is 5.12. The minimum atomic E-state index is -0.549. The van der Waals surface area contributed by atoms with Gasteiger partial charge in [-0.3, -0.25) is 4.79 Å². The van der Waals surface area contributed by atoms with Crippen molar-refractivity contribution in [3.05, 3.63) is 0 Å². The van der Waals surface area contributed by atoms with Crippen molar-refractivity contribution in [3.63, 3.8) is 0 Å². The van der Waals surface area contributed by atoms with E-state index in [-0.39, 0.29) is 5.91 Å². The summed E-state index contributed by atoms with van der Waals surface area (Å²) in [6.45, 7) is 6.65. The molecule has 112 valence electrons. The fourth-order valence-electron chi connectivity index (χ4n) is 2.22. The average molecular weight is 288 g/mol. The number of hydrogen-bond acceptors (Lipinski definition) is 4. The molecule has 5 heteroatoms. The Hall–Kier alpha value is -0.260. The Morgan fingerprint density at radius 1 is 1.47 bits per heavy atom. The van der Waals surface area contributed by atoms with Gasteiger partial charge in [-0.15, -0.1) is 0 Å². The summed E-state index contributed by atoms with van der Waals surface area (Å²) in [7, 11) is 0. The first-order chi connectivity index (χ1) is 9.08. The molecule has 0 spiro atoms. The molecule has 0 radical (unpaired) electrons. The summed E-state index contributed by atoms with van der Waals surface area (Å²) in [4.78, 5) is 11.6. The Kier molecular flexibility index (Phi) is 7.80. The van der Waals surface area contributed by atoms with Gasteiger partial charge in [0.15, 0.2) is 0 Å². The fourth-order valence-corrected chi connectivity index (χ4v) is 3.39. The Balaban J connectivity index is 2.22. The maximum absolute atomic E-state index is 11.6. The molecule has 1 saturated heterocycles. The van der Waals surface area contributed by atoms with Crippen LogP contribution in [0.4, 0.5) is 0 Å². The highest BCUT2D eigenvalue weighted by molar-refractivity contribution is 7.99. The Morgan fingerprint density at radius 3 is 2.74 bits per heavy atom. The second-order valence-electron chi connectivity index (χ2n) is 5.41. The van der Waals surface area contributed by atoms with Crippen molar-refractivity contribution in [2.75, 3.05) is 25.5 Å². The first kappa shape index (κ1) is 16.8. The molecule has 19 heavy (non-hydrogen) atoms. The van der Waals surface area contributed by atoms with Crippen LogP contribution in [0.15, 0.2) is 0 Å². The minimum Gasteiger partial charge on any atom is -0.381 e. The summed E-state index contributed by atoms with van der Waals surface area (Å²) in [5.74, 6) is 0.860. The van der Waals surface area contributed by atoms with E-state index in [2.05, 4.69) is 12.2 Å². The maximum Gasteiger partial charge on any atom is 0.237 e. The van der Waals surface area contributed by atoms with Crippen LogP contribution in [0.25, 0.3) is 0 Å². The number of carbonyl (C=O) groups excluding carboxylic acids is 1. The summed E-state index contributed by atoms with van der Waals surface area (Å²) in [5, 5.41) is 4.01. The first-order valence-electron chi connectivity index (χ1n) is 7.33. The van der Waals surface area contributed by atoms with E-state index in [1.54, 1.807) is 0 Å². The number of hydrogen-bond donors (Lipinski definition) is 2. The first-order valence-corrected chi connectivity index (χ1v) is 8.37. The molecule has 1 unspecified atom stereocenters. The topological polar surface area (TPSA) is 64.3 Å². The van der Waals surface area contributed by atoms with E-state index >= 15 is 0 Å². The molecule has 1 fully saturated rings. The lowest BCUT2D eigenvalue weighted by atomic mass is 9.95. The zero-order valence-corrected chi connectivity index (χ0v) is 13.1. The normalized spacial score (nSPS) is 20.1. The number of carbonyl (C=O) groups is 1. The van der Waals surface area contributed by atoms with E-state index in [4.69, 9.17) is 10.5 Å². The quantitative estimate of drug-likeness (QED) is 0.636. The van der Waals surface area contributed by atoms with Gasteiger partial charge in [0.1, 0.15) is 0 Å². The number of rotatable bonds is 9. The molecule has 0 aromatic heterocycles. The van der Waals surface area contributed by atoms with E-state index in [9.17, 15) is 4.79 Å². The van der Waals surface area contributed by atoms with Crippen molar-refractivity contribution in [2.24, 2.45) is 5.73 Å². The van der Waals surface area contributed by atoms with Gasteiger partial charge in [-0.25, -0.2) is 0 Å². The van der Waals surface area contributed by atoms with Gasteiger partial charge in [0.25, 0.3) is 0 Å². The largest absolute Gasteiger partial charge is 0.381 e. The van der Waals surface area contributed by atoms with E-state index in [1.165, 1.54) is 0 Å². The number of nitrogens with one attached hydrogen (secondary N) is 1. The van der Waals surface area contributed by atoms with Gasteiger partial charge < -0.3 is 15.8 Å². The van der Waals surface area contributed by atoms with Crippen molar-refractivity contribution in [1.82, 2.24) is 5.32 Å². The molecular formula is C14H28N2O2S. The van der Waals surface area contributed by atoms with Gasteiger partial charge in [-0.2, -0.15) is 11.8 Å². The molecule has 1 rings (SSSR count). The van der Waals surface area contributed by atoms with Crippen LogP contribution < -0.4 is 11.1 Å². The number of ether oxygens (including phenoxy) is 1. The summed E-state index contributed by atoms with van der Waals surface area (Å²) in [6.07, 6.45) is 5.17. The molecular weight excluding hydrogens is 260 g/mol. The molecule has 4 nitrogen and oxygen atoms in total. The van der Waals surface area contributed by atoms with E-state index in [0.717, 1.165) is 62.9 Å². The van der Waals surface area contributed by atoms with Gasteiger partial charge in [0.05, 0.1) is 5.54 Å². The molecule has 1 heterocycles. The van der Waals surface area contributed by atoms with Crippen LogP contribution in [0, 0.1) is 0 Å². The summed E-state index contributed by atoms with van der Waals surface area (Å²) in [6, 6.07) is 0. The van der Waals surface area contributed by atoms with Crippen molar-refractivity contribution in [2.45, 2.75) is 56.7 Å². The lowest BCUT2D eigenvalue weighted by Crippen LogP contribution is -2.53. The number of nitrogens with two attached hydrogens (primary N) is 1. The Bertz CT molecular complexity index is 270. The van der Waals surface area contributed by atoms with Crippen LogP contribution in [0.3, 0.4) is 0 Å². The minimum absolute atomic E-state index is 0.239. The summed E-state index contributed by atoms with van der Waals surface area (Å²) >= 11 is 2.01. The molecule has 3 N–H and O–H groups in total. The highest BCUT2D eigenvalue weighted by Gasteiger charge is 2.29. The smallest absolute Gasteiger partial charge is 0.237 e. The zero-order valence-electron chi connectivity index (χ0n) is 12.2. The highest BCUT2D eigenvalue weighted by atomic mass is 32.2. The molecule has 1 aliphatic rings. The van der Waals surface area contributed by atoms with Crippen LogP contribution in [0.2, 0.25) is 0 Å². The molecule has 0 aromatic carbocycles. The number of amides is 1. The average Bonchev–Trinajstić information content (AvgIpc) is 2.42. The van der Waals surface area contributed by atoms with Crippen LogP contribution >= 0.6 is 11.8 Å². The lowest BCUT2D eigenvalue weighted by Gasteiger charge is -2.28. The van der Waals surface area contributed by atoms with Gasteiger partial charge in [-0.05, 0) is 51.3 Å². The second kappa shape index (κ2) is 8.82. The van der Waals surface area contributed by atoms with E-state index < -0.39 is 5.54 Å². The van der Waals surface area contributed by atoms with E-state index in [1.807, 2.05) is 18.7 Å². The van der Waals surface area contributed by atoms with Crippen LogP contribution in [-0.4, -0.2) is 42.2 Å². The zero-order chi connectivity index (χ0) is 14.1. The van der Waals surface area contributed by atoms with E-state index in [0.29, 0.717) is 0 Å². The van der Waals surface area contributed by atoms with Gasteiger partial charge in [-0.1, -0.05) is 6.92 Å². The molecule has 1 atom stereocenters. The Labute approximate surface area is 121 Å². The molecule has 1 amide bonds. The van der Waals surface area contributed by atoms with Crippen LogP contribution in [-0.2, 0) is 9.53 Å². The molecule has 0 aliphatic carbocycles.